The SMILES string of the molecule is COc1ccccc1-c1nnc(CSc2nnc(C(C)C)o2)o1. The lowest BCUT2D eigenvalue weighted by Gasteiger charge is -2.03. The molecular formula is C15H16N4O3S. The topological polar surface area (TPSA) is 87.1 Å². The number of para-hydroxylation sites is 1. The number of ether oxygens (including phenoxy) is 1. The molecule has 23 heavy (non-hydrogen) atoms. The smallest absolute Gasteiger partial charge is 0.277 e. The van der Waals surface area contributed by atoms with Crippen molar-refractivity contribution in [3.05, 3.63) is 36.0 Å². The highest BCUT2D eigenvalue weighted by Crippen LogP contribution is 2.30. The van der Waals surface area contributed by atoms with Crippen LogP contribution in [0.3, 0.4) is 0 Å². The summed E-state index contributed by atoms with van der Waals surface area (Å²) >= 11 is 1.36. The largest absolute Gasteiger partial charge is 0.496 e. The molecule has 0 aliphatic carbocycles. The van der Waals surface area contributed by atoms with Gasteiger partial charge in [-0.25, -0.2) is 0 Å². The van der Waals surface area contributed by atoms with Crippen molar-refractivity contribution in [3.63, 3.8) is 0 Å². The van der Waals surface area contributed by atoms with Gasteiger partial charge in [0.05, 0.1) is 18.4 Å². The van der Waals surface area contributed by atoms with Crippen LogP contribution in [0.25, 0.3) is 11.5 Å². The summed E-state index contributed by atoms with van der Waals surface area (Å²) in [6.45, 7) is 4.00. The van der Waals surface area contributed by atoms with Gasteiger partial charge in [-0.2, -0.15) is 0 Å². The maximum Gasteiger partial charge on any atom is 0.277 e. The number of nitrogens with zero attached hydrogens (tertiary/aromatic N) is 4. The van der Waals surface area contributed by atoms with Gasteiger partial charge in [0.2, 0.25) is 11.8 Å². The molecule has 0 N–H and O–H groups in total. The average Bonchev–Trinajstić information content (AvgIpc) is 3.22. The second kappa shape index (κ2) is 6.82. The molecule has 1 aromatic carbocycles. The normalized spacial score (nSPS) is 11.1. The Kier molecular flexibility index (Phi) is 4.61. The molecule has 3 aromatic rings. The Labute approximate surface area is 137 Å². The third-order valence-corrected chi connectivity index (χ3v) is 3.84. The second-order valence-electron chi connectivity index (χ2n) is 5.05. The van der Waals surface area contributed by atoms with Crippen LogP contribution in [-0.2, 0) is 5.75 Å². The fraction of sp³-hybridized carbons (Fsp3) is 0.333. The molecule has 2 heterocycles. The highest BCUT2D eigenvalue weighted by molar-refractivity contribution is 7.98. The molecule has 0 aliphatic heterocycles. The summed E-state index contributed by atoms with van der Waals surface area (Å²) in [6.07, 6.45) is 0. The van der Waals surface area contributed by atoms with Crippen molar-refractivity contribution in [2.75, 3.05) is 7.11 Å². The third-order valence-electron chi connectivity index (χ3n) is 3.04. The average molecular weight is 332 g/mol. The number of hydrogen-bond acceptors (Lipinski definition) is 8. The Balaban J connectivity index is 1.69. The number of rotatable bonds is 6. The zero-order valence-electron chi connectivity index (χ0n) is 13.0. The van der Waals surface area contributed by atoms with Crippen LogP contribution in [0.1, 0.15) is 31.5 Å². The molecule has 2 aromatic heterocycles. The van der Waals surface area contributed by atoms with Gasteiger partial charge < -0.3 is 13.6 Å². The Morgan fingerprint density at radius 2 is 1.91 bits per heavy atom. The van der Waals surface area contributed by atoms with Crippen LogP contribution in [0.15, 0.2) is 38.3 Å². The van der Waals surface area contributed by atoms with Gasteiger partial charge in [-0.1, -0.05) is 37.7 Å². The predicted molar refractivity (Wildman–Crippen MR) is 84.2 cm³/mol. The van der Waals surface area contributed by atoms with Gasteiger partial charge in [-0.05, 0) is 12.1 Å². The number of benzene rings is 1. The summed E-state index contributed by atoms with van der Waals surface area (Å²) in [5.41, 5.74) is 0.763. The molecule has 0 fully saturated rings. The van der Waals surface area contributed by atoms with Crippen molar-refractivity contribution < 1.29 is 13.6 Å². The zero-order chi connectivity index (χ0) is 16.2. The van der Waals surface area contributed by atoms with Crippen molar-refractivity contribution in [1.29, 1.82) is 0 Å². The molecule has 0 aliphatic rings. The lowest BCUT2D eigenvalue weighted by Crippen LogP contribution is -1.87. The van der Waals surface area contributed by atoms with Gasteiger partial charge in [0.1, 0.15) is 5.75 Å². The summed E-state index contributed by atoms with van der Waals surface area (Å²) < 4.78 is 16.5. The zero-order valence-corrected chi connectivity index (χ0v) is 13.8. The van der Waals surface area contributed by atoms with E-state index in [4.69, 9.17) is 13.6 Å². The summed E-state index contributed by atoms with van der Waals surface area (Å²) in [7, 11) is 1.61. The number of hydrogen-bond donors (Lipinski definition) is 0. The first kappa shape index (κ1) is 15.5. The fourth-order valence-electron chi connectivity index (χ4n) is 1.88. The minimum absolute atomic E-state index is 0.206. The van der Waals surface area contributed by atoms with Gasteiger partial charge in [0.25, 0.3) is 11.1 Å². The van der Waals surface area contributed by atoms with E-state index in [2.05, 4.69) is 20.4 Å². The van der Waals surface area contributed by atoms with Crippen LogP contribution >= 0.6 is 11.8 Å². The molecule has 0 bridgehead atoms. The van der Waals surface area contributed by atoms with Crippen molar-refractivity contribution >= 4 is 11.8 Å². The van der Waals surface area contributed by atoms with Crippen LogP contribution in [0.4, 0.5) is 0 Å². The first-order chi connectivity index (χ1) is 11.2. The molecular weight excluding hydrogens is 316 g/mol. The Hall–Kier alpha value is -2.35. The van der Waals surface area contributed by atoms with Crippen LogP contribution in [0.5, 0.6) is 5.75 Å². The van der Waals surface area contributed by atoms with Crippen LogP contribution < -0.4 is 4.74 Å². The monoisotopic (exact) mass is 332 g/mol. The van der Waals surface area contributed by atoms with Crippen LogP contribution in [-0.4, -0.2) is 27.5 Å². The van der Waals surface area contributed by atoms with E-state index in [9.17, 15) is 0 Å². The molecule has 3 rings (SSSR count). The quantitative estimate of drug-likeness (QED) is 0.633. The van der Waals surface area contributed by atoms with Gasteiger partial charge in [-0.3, -0.25) is 0 Å². The fourth-order valence-corrected chi connectivity index (χ4v) is 2.48. The first-order valence-corrected chi connectivity index (χ1v) is 8.08. The van der Waals surface area contributed by atoms with E-state index < -0.39 is 0 Å². The molecule has 0 saturated carbocycles. The van der Waals surface area contributed by atoms with E-state index in [1.165, 1.54) is 11.8 Å². The number of aromatic nitrogens is 4. The van der Waals surface area contributed by atoms with Gasteiger partial charge in [0, 0.05) is 5.92 Å². The van der Waals surface area contributed by atoms with Crippen molar-refractivity contribution in [3.8, 4) is 17.2 Å². The Morgan fingerprint density at radius 1 is 1.09 bits per heavy atom. The highest BCUT2D eigenvalue weighted by Gasteiger charge is 2.15. The maximum absolute atomic E-state index is 5.68. The lowest BCUT2D eigenvalue weighted by molar-refractivity contribution is 0.398. The summed E-state index contributed by atoms with van der Waals surface area (Å²) in [4.78, 5) is 0. The van der Waals surface area contributed by atoms with Crippen LogP contribution in [0.2, 0.25) is 0 Å². The second-order valence-corrected chi connectivity index (χ2v) is 5.98. The standard InChI is InChI=1S/C15H16N4O3S/c1-9(2)13-17-19-15(22-13)23-8-12-16-18-14(21-12)10-6-4-5-7-11(10)20-3/h4-7,9H,8H2,1-3H3. The van der Waals surface area contributed by atoms with Crippen molar-refractivity contribution in [2.24, 2.45) is 0 Å². The molecule has 0 spiro atoms. The Bertz CT molecular complexity index is 784. The summed E-state index contributed by atoms with van der Waals surface area (Å²) in [5, 5.41) is 16.6. The third kappa shape index (κ3) is 3.53. The van der Waals surface area contributed by atoms with Crippen molar-refractivity contribution in [1.82, 2.24) is 20.4 Å². The molecule has 7 nitrogen and oxygen atoms in total. The van der Waals surface area contributed by atoms with E-state index in [0.717, 1.165) is 5.56 Å². The van der Waals surface area contributed by atoms with Crippen molar-refractivity contribution in [2.45, 2.75) is 30.7 Å². The molecule has 0 atom stereocenters. The van der Waals surface area contributed by atoms with E-state index >= 15 is 0 Å². The molecule has 120 valence electrons. The van der Waals surface area contributed by atoms with Gasteiger partial charge in [-0.15, -0.1) is 20.4 Å². The molecule has 0 saturated heterocycles. The minimum atomic E-state index is 0.206. The van der Waals surface area contributed by atoms with Crippen LogP contribution in [0, 0.1) is 0 Å². The molecule has 0 amide bonds. The Morgan fingerprint density at radius 3 is 2.65 bits per heavy atom. The highest BCUT2D eigenvalue weighted by atomic mass is 32.2. The van der Waals surface area contributed by atoms with Gasteiger partial charge in [0.15, 0.2) is 0 Å². The molecule has 0 radical (unpaired) electrons. The maximum atomic E-state index is 5.68. The molecule has 8 heteroatoms. The van der Waals surface area contributed by atoms with E-state index in [0.29, 0.717) is 34.4 Å². The van der Waals surface area contributed by atoms with Gasteiger partial charge >= 0.3 is 0 Å². The lowest BCUT2D eigenvalue weighted by atomic mass is 10.2. The first-order valence-electron chi connectivity index (χ1n) is 7.09. The predicted octanol–water partition coefficient (Wildman–Crippen LogP) is 3.54. The van der Waals surface area contributed by atoms with E-state index in [1.54, 1.807) is 7.11 Å². The van der Waals surface area contributed by atoms with E-state index in [1.807, 2.05) is 38.1 Å². The minimum Gasteiger partial charge on any atom is -0.496 e. The summed E-state index contributed by atoms with van der Waals surface area (Å²) in [6, 6.07) is 7.50. The number of methoxy groups -OCH3 is 1. The van der Waals surface area contributed by atoms with E-state index in [-0.39, 0.29) is 5.92 Å². The number of thioether (sulfide) groups is 1. The molecule has 0 unspecified atom stereocenters. The summed E-state index contributed by atoms with van der Waals surface area (Å²) in [5.74, 6) is 2.88.